The first-order valence-corrected chi connectivity index (χ1v) is 8.21. The second-order valence-corrected chi connectivity index (χ2v) is 6.15. The second-order valence-electron chi connectivity index (χ2n) is 6.15. The number of rotatable bonds is 7. The molecule has 0 spiro atoms. The van der Waals surface area contributed by atoms with Crippen LogP contribution in [-0.2, 0) is 9.53 Å². The normalized spacial score (nSPS) is 20.2. The number of benzene rings is 2. The molecule has 1 saturated carbocycles. The lowest BCUT2D eigenvalue weighted by atomic mass is 10.1. The summed E-state index contributed by atoms with van der Waals surface area (Å²) in [5.74, 6) is 1.30. The molecule has 0 saturated heterocycles. The Kier molecular flexibility index (Phi) is 5.16. The lowest BCUT2D eigenvalue weighted by molar-refractivity contribution is -0.123. The molecule has 2 aromatic carbocycles. The highest BCUT2D eigenvalue weighted by molar-refractivity contribution is 5.83. The van der Waals surface area contributed by atoms with E-state index in [1.807, 2.05) is 42.5 Å². The minimum atomic E-state index is -0.148. The molecule has 24 heavy (non-hydrogen) atoms. The average Bonchev–Trinajstić information content (AvgIpc) is 3.43. The zero-order valence-corrected chi connectivity index (χ0v) is 14.1. The zero-order chi connectivity index (χ0) is 16.9. The molecule has 126 valence electrons. The third kappa shape index (κ3) is 3.77. The molecule has 0 heterocycles. The van der Waals surface area contributed by atoms with Crippen LogP contribution in [0.25, 0.3) is 0 Å². The molecule has 1 amide bonds. The van der Waals surface area contributed by atoms with E-state index < -0.39 is 0 Å². The Morgan fingerprint density at radius 2 is 1.83 bits per heavy atom. The van der Waals surface area contributed by atoms with Crippen molar-refractivity contribution in [3.8, 4) is 5.75 Å². The van der Waals surface area contributed by atoms with Gasteiger partial charge in [0.25, 0.3) is 0 Å². The Morgan fingerprint density at radius 3 is 2.46 bits per heavy atom. The van der Waals surface area contributed by atoms with Gasteiger partial charge in [-0.3, -0.25) is 4.79 Å². The number of amides is 1. The monoisotopic (exact) mass is 325 g/mol. The number of methoxy groups -OCH3 is 2. The summed E-state index contributed by atoms with van der Waals surface area (Å²) in [6, 6.07) is 17.8. The summed E-state index contributed by atoms with van der Waals surface area (Å²) in [6.07, 6.45) is 0.915. The van der Waals surface area contributed by atoms with Gasteiger partial charge in [0.1, 0.15) is 5.75 Å². The van der Waals surface area contributed by atoms with Crippen LogP contribution in [0.2, 0.25) is 0 Å². The van der Waals surface area contributed by atoms with Crippen molar-refractivity contribution >= 4 is 5.91 Å². The number of carbonyl (C=O) groups is 1. The van der Waals surface area contributed by atoms with Crippen LogP contribution in [0.4, 0.5) is 0 Å². The number of hydrogen-bond donors (Lipinski definition) is 1. The van der Waals surface area contributed by atoms with E-state index in [4.69, 9.17) is 9.47 Å². The van der Waals surface area contributed by atoms with Crippen molar-refractivity contribution < 1.29 is 14.3 Å². The summed E-state index contributed by atoms with van der Waals surface area (Å²) in [4.78, 5) is 12.6. The van der Waals surface area contributed by atoms with Gasteiger partial charge in [0.05, 0.1) is 19.8 Å². The number of nitrogens with one attached hydrogen (secondary N) is 1. The van der Waals surface area contributed by atoms with Crippen LogP contribution < -0.4 is 10.1 Å². The van der Waals surface area contributed by atoms with Crippen molar-refractivity contribution in [3.05, 3.63) is 65.7 Å². The van der Waals surface area contributed by atoms with Crippen LogP contribution in [0.5, 0.6) is 5.75 Å². The molecule has 1 aliphatic carbocycles. The summed E-state index contributed by atoms with van der Waals surface area (Å²) in [5.41, 5.74) is 2.26. The maximum absolute atomic E-state index is 12.6. The largest absolute Gasteiger partial charge is 0.497 e. The van der Waals surface area contributed by atoms with E-state index in [0.29, 0.717) is 12.5 Å². The standard InChI is InChI=1S/C20H23NO3/c1-23-13-19(15-8-10-16(24-2)11-9-15)21-20(22)18-12-17(18)14-6-4-3-5-7-14/h3-11,17-19H,12-13H2,1-2H3,(H,21,22). The Hall–Kier alpha value is -2.33. The molecular formula is C20H23NO3. The Bertz CT molecular complexity index is 669. The summed E-state index contributed by atoms with van der Waals surface area (Å²) >= 11 is 0. The number of carbonyl (C=O) groups excluding carboxylic acids is 1. The van der Waals surface area contributed by atoms with Crippen LogP contribution in [0.3, 0.4) is 0 Å². The molecule has 2 aromatic rings. The van der Waals surface area contributed by atoms with Gasteiger partial charge in [0.2, 0.25) is 5.91 Å². The fourth-order valence-corrected chi connectivity index (χ4v) is 3.06. The number of hydrogen-bond acceptors (Lipinski definition) is 3. The summed E-state index contributed by atoms with van der Waals surface area (Å²) in [6.45, 7) is 0.445. The van der Waals surface area contributed by atoms with Crippen LogP contribution in [0, 0.1) is 5.92 Å². The predicted molar refractivity (Wildman–Crippen MR) is 93.0 cm³/mol. The minimum absolute atomic E-state index is 0.0602. The first kappa shape index (κ1) is 16.5. The van der Waals surface area contributed by atoms with Crippen molar-refractivity contribution in [2.45, 2.75) is 18.4 Å². The molecular weight excluding hydrogens is 302 g/mol. The molecule has 1 fully saturated rings. The predicted octanol–water partition coefficient (Wildman–Crippen LogP) is 3.30. The Morgan fingerprint density at radius 1 is 1.12 bits per heavy atom. The van der Waals surface area contributed by atoms with E-state index in [1.54, 1.807) is 14.2 Å². The second kappa shape index (κ2) is 7.49. The van der Waals surface area contributed by atoms with E-state index in [0.717, 1.165) is 17.7 Å². The summed E-state index contributed by atoms with van der Waals surface area (Å²) < 4.78 is 10.5. The SMILES string of the molecule is COCC(NC(=O)C1CC1c1ccccc1)c1ccc(OC)cc1. The Labute approximate surface area is 142 Å². The highest BCUT2D eigenvalue weighted by Crippen LogP contribution is 2.47. The number of ether oxygens (including phenoxy) is 2. The average molecular weight is 325 g/mol. The molecule has 4 nitrogen and oxygen atoms in total. The van der Waals surface area contributed by atoms with Gasteiger partial charge < -0.3 is 14.8 Å². The van der Waals surface area contributed by atoms with Crippen molar-refractivity contribution in [3.63, 3.8) is 0 Å². The topological polar surface area (TPSA) is 47.6 Å². The highest BCUT2D eigenvalue weighted by atomic mass is 16.5. The maximum Gasteiger partial charge on any atom is 0.224 e. The molecule has 1 aliphatic rings. The zero-order valence-electron chi connectivity index (χ0n) is 14.1. The van der Waals surface area contributed by atoms with Crippen LogP contribution in [-0.4, -0.2) is 26.7 Å². The van der Waals surface area contributed by atoms with Crippen LogP contribution in [0.1, 0.15) is 29.5 Å². The van der Waals surface area contributed by atoms with Gasteiger partial charge in [0, 0.05) is 13.0 Å². The lowest BCUT2D eigenvalue weighted by Gasteiger charge is -2.19. The van der Waals surface area contributed by atoms with Gasteiger partial charge in [-0.25, -0.2) is 0 Å². The van der Waals surface area contributed by atoms with Crippen molar-refractivity contribution in [1.82, 2.24) is 5.32 Å². The highest BCUT2D eigenvalue weighted by Gasteiger charge is 2.44. The van der Waals surface area contributed by atoms with Gasteiger partial charge in [-0.1, -0.05) is 42.5 Å². The molecule has 0 aliphatic heterocycles. The maximum atomic E-state index is 12.6. The van der Waals surface area contributed by atoms with E-state index in [9.17, 15) is 4.79 Å². The molecule has 3 rings (SSSR count). The van der Waals surface area contributed by atoms with E-state index >= 15 is 0 Å². The molecule has 3 unspecified atom stereocenters. The fourth-order valence-electron chi connectivity index (χ4n) is 3.06. The van der Waals surface area contributed by atoms with Crippen LogP contribution >= 0.6 is 0 Å². The first-order chi connectivity index (χ1) is 11.7. The quantitative estimate of drug-likeness (QED) is 0.849. The van der Waals surface area contributed by atoms with Gasteiger partial charge >= 0.3 is 0 Å². The van der Waals surface area contributed by atoms with Crippen molar-refractivity contribution in [2.75, 3.05) is 20.8 Å². The smallest absolute Gasteiger partial charge is 0.224 e. The van der Waals surface area contributed by atoms with Crippen molar-refractivity contribution in [2.24, 2.45) is 5.92 Å². The lowest BCUT2D eigenvalue weighted by Crippen LogP contribution is -2.32. The van der Waals surface area contributed by atoms with Gasteiger partial charge in [-0.2, -0.15) is 0 Å². The fraction of sp³-hybridized carbons (Fsp3) is 0.350. The molecule has 1 N–H and O–H groups in total. The third-order valence-electron chi connectivity index (χ3n) is 4.52. The summed E-state index contributed by atoms with van der Waals surface area (Å²) in [5, 5.41) is 3.13. The Balaban J connectivity index is 1.64. The van der Waals surface area contributed by atoms with E-state index in [-0.39, 0.29) is 17.9 Å². The molecule has 0 aromatic heterocycles. The van der Waals surface area contributed by atoms with Gasteiger partial charge in [0.15, 0.2) is 0 Å². The van der Waals surface area contributed by atoms with Crippen molar-refractivity contribution in [1.29, 1.82) is 0 Å². The van der Waals surface area contributed by atoms with E-state index in [1.165, 1.54) is 5.56 Å². The van der Waals surface area contributed by atoms with Gasteiger partial charge in [-0.15, -0.1) is 0 Å². The van der Waals surface area contributed by atoms with Gasteiger partial charge in [-0.05, 0) is 35.6 Å². The molecule has 3 atom stereocenters. The first-order valence-electron chi connectivity index (χ1n) is 8.21. The summed E-state index contributed by atoms with van der Waals surface area (Å²) in [7, 11) is 3.28. The van der Waals surface area contributed by atoms with E-state index in [2.05, 4.69) is 17.4 Å². The molecule has 0 bridgehead atoms. The molecule has 0 radical (unpaired) electrons. The third-order valence-corrected chi connectivity index (χ3v) is 4.52. The minimum Gasteiger partial charge on any atom is -0.497 e. The van der Waals surface area contributed by atoms with Crippen LogP contribution in [0.15, 0.2) is 54.6 Å². The molecule has 4 heteroatoms.